The van der Waals surface area contributed by atoms with Crippen molar-refractivity contribution in [3.8, 4) is 11.1 Å². The van der Waals surface area contributed by atoms with Crippen molar-refractivity contribution in [2.45, 2.75) is 17.9 Å². The molecule has 6 nitrogen and oxygen atoms in total. The fraction of sp³-hybridized carbons (Fsp3) is 0.211. The average molecular weight is 387 g/mol. The highest BCUT2D eigenvalue weighted by atomic mass is 32.2. The first-order valence-electron chi connectivity index (χ1n) is 8.51. The van der Waals surface area contributed by atoms with Crippen molar-refractivity contribution in [3.63, 3.8) is 0 Å². The van der Waals surface area contributed by atoms with Crippen LogP contribution in [-0.4, -0.2) is 37.2 Å². The summed E-state index contributed by atoms with van der Waals surface area (Å²) in [4.78, 5) is 14.8. The molecule has 8 heteroatoms. The summed E-state index contributed by atoms with van der Waals surface area (Å²) in [7, 11) is -2.07. The van der Waals surface area contributed by atoms with Gasteiger partial charge < -0.3 is 10.3 Å². The van der Waals surface area contributed by atoms with E-state index in [1.165, 1.54) is 23.5 Å². The number of sulfonamides is 1. The number of carbonyl (C=O) groups is 1. The number of H-pyrrole nitrogens is 1. The summed E-state index contributed by atoms with van der Waals surface area (Å²) < 4.78 is 40.1. The van der Waals surface area contributed by atoms with Crippen molar-refractivity contribution >= 4 is 26.8 Å². The zero-order valence-electron chi connectivity index (χ0n) is 14.6. The Kier molecular flexibility index (Phi) is 4.24. The van der Waals surface area contributed by atoms with Crippen LogP contribution in [0, 0.1) is 5.82 Å². The lowest BCUT2D eigenvalue weighted by Crippen LogP contribution is -2.29. The van der Waals surface area contributed by atoms with Crippen LogP contribution in [0.3, 0.4) is 0 Å². The summed E-state index contributed by atoms with van der Waals surface area (Å²) in [6.07, 6.45) is 1.91. The van der Waals surface area contributed by atoms with Gasteiger partial charge in [-0.2, -0.15) is 4.31 Å². The third-order valence-corrected chi connectivity index (χ3v) is 6.79. The van der Waals surface area contributed by atoms with E-state index >= 15 is 0 Å². The molecule has 1 aromatic heterocycles. The number of aromatic amines is 1. The zero-order chi connectivity index (χ0) is 19.2. The minimum Gasteiger partial charge on any atom is -0.360 e. The molecular formula is C19H18FN3O3S. The molecule has 0 radical (unpaired) electrons. The Labute approximate surface area is 156 Å². The van der Waals surface area contributed by atoms with Crippen LogP contribution in [0.1, 0.15) is 12.0 Å². The van der Waals surface area contributed by atoms with Crippen molar-refractivity contribution in [3.05, 3.63) is 54.0 Å². The maximum atomic E-state index is 13.4. The fourth-order valence-electron chi connectivity index (χ4n) is 3.42. The molecule has 2 N–H and O–H groups in total. The van der Waals surface area contributed by atoms with Crippen LogP contribution in [0.4, 0.5) is 4.39 Å². The number of benzene rings is 2. The summed E-state index contributed by atoms with van der Waals surface area (Å²) in [5, 5.41) is 3.36. The first-order chi connectivity index (χ1) is 12.9. The summed E-state index contributed by atoms with van der Waals surface area (Å²) in [5.74, 6) is -0.518. The Hall–Kier alpha value is -2.71. The summed E-state index contributed by atoms with van der Waals surface area (Å²) >= 11 is 0. The van der Waals surface area contributed by atoms with E-state index in [1.807, 2.05) is 6.07 Å². The lowest BCUT2D eigenvalue weighted by Gasteiger charge is -2.13. The number of nitrogens with one attached hydrogen (secondary N) is 2. The molecule has 0 saturated heterocycles. The van der Waals surface area contributed by atoms with Gasteiger partial charge in [0.25, 0.3) is 0 Å². The molecule has 0 spiro atoms. The molecule has 2 aromatic carbocycles. The molecule has 1 amide bonds. The molecule has 0 saturated carbocycles. The lowest BCUT2D eigenvalue weighted by atomic mass is 10.0. The number of hydrogen-bond donors (Lipinski definition) is 2. The molecule has 140 valence electrons. The van der Waals surface area contributed by atoms with Crippen LogP contribution in [0.15, 0.2) is 47.5 Å². The predicted molar refractivity (Wildman–Crippen MR) is 100.0 cm³/mol. The molecule has 0 bridgehead atoms. The maximum absolute atomic E-state index is 13.4. The summed E-state index contributed by atoms with van der Waals surface area (Å²) in [5.41, 5.74) is 3.12. The molecule has 0 aliphatic carbocycles. The van der Waals surface area contributed by atoms with Gasteiger partial charge in [0, 0.05) is 49.2 Å². The molecule has 0 fully saturated rings. The van der Waals surface area contributed by atoms with Gasteiger partial charge in [0.05, 0.1) is 4.90 Å². The largest absolute Gasteiger partial charge is 0.360 e. The van der Waals surface area contributed by atoms with Gasteiger partial charge in [0.15, 0.2) is 0 Å². The number of nitrogens with zero attached hydrogens (tertiary/aromatic N) is 1. The van der Waals surface area contributed by atoms with Gasteiger partial charge in [-0.05, 0) is 41.5 Å². The highest BCUT2D eigenvalue weighted by Crippen LogP contribution is 2.36. The monoisotopic (exact) mass is 387 g/mol. The van der Waals surface area contributed by atoms with Gasteiger partial charge in [-0.15, -0.1) is 0 Å². The van der Waals surface area contributed by atoms with E-state index in [4.69, 9.17) is 0 Å². The first kappa shape index (κ1) is 17.7. The van der Waals surface area contributed by atoms with Gasteiger partial charge in [0.1, 0.15) is 5.82 Å². The molecule has 0 atom stereocenters. The quantitative estimate of drug-likeness (QED) is 0.722. The van der Waals surface area contributed by atoms with E-state index in [0.717, 1.165) is 16.5 Å². The summed E-state index contributed by atoms with van der Waals surface area (Å²) in [6, 6.07) is 9.73. The standard InChI is InChI=1S/C19H18FN3O3S/c1-21-19(24)6-7-23-11-13-8-12(2-5-18(13)27(23,25)26)16-10-22-17-9-14(20)3-4-15(16)17/h2-5,8-10,22H,6-7,11H2,1H3,(H,21,24). The molecule has 4 rings (SSSR count). The van der Waals surface area contributed by atoms with Gasteiger partial charge in [-0.1, -0.05) is 6.07 Å². The van der Waals surface area contributed by atoms with Crippen LogP contribution < -0.4 is 5.32 Å². The molecule has 3 aromatic rings. The van der Waals surface area contributed by atoms with E-state index in [2.05, 4.69) is 10.3 Å². The van der Waals surface area contributed by atoms with Crippen molar-refractivity contribution in [2.24, 2.45) is 0 Å². The number of amides is 1. The van der Waals surface area contributed by atoms with Crippen LogP contribution in [0.5, 0.6) is 0 Å². The van der Waals surface area contributed by atoms with Crippen LogP contribution in [0.2, 0.25) is 0 Å². The van der Waals surface area contributed by atoms with Crippen LogP contribution in [-0.2, 0) is 21.4 Å². The second-order valence-corrected chi connectivity index (χ2v) is 8.38. The Bertz CT molecular complexity index is 1150. The number of halogens is 1. The molecule has 0 unspecified atom stereocenters. The van der Waals surface area contributed by atoms with E-state index in [-0.39, 0.29) is 36.1 Å². The van der Waals surface area contributed by atoms with Crippen LogP contribution in [0.25, 0.3) is 22.0 Å². The van der Waals surface area contributed by atoms with Crippen molar-refractivity contribution in [1.29, 1.82) is 0 Å². The average Bonchev–Trinajstić information content (AvgIpc) is 3.17. The Morgan fingerprint density at radius 3 is 2.85 bits per heavy atom. The lowest BCUT2D eigenvalue weighted by molar-refractivity contribution is -0.120. The normalized spacial score (nSPS) is 15.8. The molecule has 27 heavy (non-hydrogen) atoms. The SMILES string of the molecule is CNC(=O)CCN1Cc2cc(-c3c[nH]c4cc(F)ccc34)ccc2S1(=O)=O. The number of carbonyl (C=O) groups excluding carboxylic acids is 1. The number of aromatic nitrogens is 1. The van der Waals surface area contributed by atoms with E-state index < -0.39 is 10.0 Å². The fourth-order valence-corrected chi connectivity index (χ4v) is 5.04. The minimum atomic E-state index is -3.59. The molecule has 2 heterocycles. The number of hydrogen-bond acceptors (Lipinski definition) is 3. The summed E-state index contributed by atoms with van der Waals surface area (Å²) in [6.45, 7) is 0.373. The smallest absolute Gasteiger partial charge is 0.243 e. The van der Waals surface area contributed by atoms with E-state index in [0.29, 0.717) is 11.1 Å². The van der Waals surface area contributed by atoms with Gasteiger partial charge in [-0.25, -0.2) is 12.8 Å². The van der Waals surface area contributed by atoms with Crippen molar-refractivity contribution in [1.82, 2.24) is 14.6 Å². The maximum Gasteiger partial charge on any atom is 0.243 e. The van der Waals surface area contributed by atoms with Gasteiger partial charge in [-0.3, -0.25) is 4.79 Å². The topological polar surface area (TPSA) is 82.3 Å². The second kappa shape index (κ2) is 6.47. The molecule has 1 aliphatic heterocycles. The van der Waals surface area contributed by atoms with Crippen LogP contribution >= 0.6 is 0 Å². The molecular weight excluding hydrogens is 369 g/mol. The van der Waals surface area contributed by atoms with Gasteiger partial charge >= 0.3 is 0 Å². The van der Waals surface area contributed by atoms with Crippen molar-refractivity contribution in [2.75, 3.05) is 13.6 Å². The molecule has 1 aliphatic rings. The third kappa shape index (κ3) is 3.00. The number of fused-ring (bicyclic) bond motifs is 2. The Morgan fingerprint density at radius 2 is 2.07 bits per heavy atom. The van der Waals surface area contributed by atoms with E-state index in [9.17, 15) is 17.6 Å². The zero-order valence-corrected chi connectivity index (χ0v) is 15.4. The Morgan fingerprint density at radius 1 is 1.26 bits per heavy atom. The Balaban J connectivity index is 1.68. The second-order valence-electron chi connectivity index (χ2n) is 6.48. The third-order valence-electron chi connectivity index (χ3n) is 4.85. The van der Waals surface area contributed by atoms with Gasteiger partial charge in [0.2, 0.25) is 15.9 Å². The minimum absolute atomic E-state index is 0.116. The number of rotatable bonds is 4. The highest BCUT2D eigenvalue weighted by molar-refractivity contribution is 7.89. The van der Waals surface area contributed by atoms with E-state index in [1.54, 1.807) is 24.4 Å². The van der Waals surface area contributed by atoms with Crippen molar-refractivity contribution < 1.29 is 17.6 Å². The predicted octanol–water partition coefficient (Wildman–Crippen LogP) is 2.61. The highest BCUT2D eigenvalue weighted by Gasteiger charge is 2.34. The first-order valence-corrected chi connectivity index (χ1v) is 9.95.